The lowest BCUT2D eigenvalue weighted by Gasteiger charge is -2.24. The van der Waals surface area contributed by atoms with Gasteiger partial charge in [-0.1, -0.05) is 20.8 Å². The molecule has 21 heavy (non-hydrogen) atoms. The van der Waals surface area contributed by atoms with Gasteiger partial charge in [-0.05, 0) is 38.4 Å². The van der Waals surface area contributed by atoms with Crippen LogP contribution in [0, 0.1) is 5.92 Å². The summed E-state index contributed by atoms with van der Waals surface area (Å²) in [5.74, 6) is 1.63. The van der Waals surface area contributed by atoms with E-state index in [2.05, 4.69) is 54.9 Å². The third kappa shape index (κ3) is 3.04. The van der Waals surface area contributed by atoms with Gasteiger partial charge in [-0.3, -0.25) is 0 Å². The van der Waals surface area contributed by atoms with Crippen LogP contribution in [0.1, 0.15) is 37.6 Å². The molecule has 1 fully saturated rings. The van der Waals surface area contributed by atoms with E-state index in [4.69, 9.17) is 5.73 Å². The van der Waals surface area contributed by atoms with Crippen molar-refractivity contribution >= 4 is 5.82 Å². The number of aromatic nitrogens is 2. The van der Waals surface area contributed by atoms with Crippen LogP contribution in [0.3, 0.4) is 0 Å². The number of aryl methyl sites for hydroxylation is 1. The Morgan fingerprint density at radius 3 is 2.33 bits per heavy atom. The number of hydrogen-bond donors (Lipinski definition) is 1. The molecule has 2 rings (SSSR count). The molecule has 0 aromatic carbocycles. The lowest BCUT2D eigenvalue weighted by atomic mass is 10.0. The minimum absolute atomic E-state index is 0.540. The molecule has 1 saturated heterocycles. The van der Waals surface area contributed by atoms with Crippen LogP contribution in [-0.2, 0) is 19.4 Å². The maximum atomic E-state index is 6.04. The molecule has 0 saturated carbocycles. The highest BCUT2D eigenvalue weighted by Gasteiger charge is 2.33. The van der Waals surface area contributed by atoms with Crippen LogP contribution >= 0.6 is 0 Å². The van der Waals surface area contributed by atoms with Gasteiger partial charge < -0.3 is 15.5 Å². The molecule has 0 aliphatic carbocycles. The first-order chi connectivity index (χ1) is 10.0. The second-order valence-electron chi connectivity index (χ2n) is 6.25. The van der Waals surface area contributed by atoms with Crippen molar-refractivity contribution in [3.8, 4) is 0 Å². The first kappa shape index (κ1) is 16.2. The van der Waals surface area contributed by atoms with E-state index < -0.39 is 0 Å². The van der Waals surface area contributed by atoms with E-state index in [0.29, 0.717) is 18.5 Å². The van der Waals surface area contributed by atoms with Crippen molar-refractivity contribution < 1.29 is 0 Å². The summed E-state index contributed by atoms with van der Waals surface area (Å²) in [5.41, 5.74) is 9.63. The summed E-state index contributed by atoms with van der Waals surface area (Å²) in [6.07, 6.45) is 1.89. The zero-order chi connectivity index (χ0) is 15.6. The van der Waals surface area contributed by atoms with Gasteiger partial charge in [-0.2, -0.15) is 5.10 Å². The van der Waals surface area contributed by atoms with Crippen LogP contribution < -0.4 is 10.6 Å². The topological polar surface area (TPSA) is 58.3 Å². The number of nitrogens with two attached hydrogens (primary N) is 1. The van der Waals surface area contributed by atoms with Gasteiger partial charge >= 0.3 is 0 Å². The normalized spacial score (nSPS) is 22.3. The summed E-state index contributed by atoms with van der Waals surface area (Å²) in [5, 5.41) is 8.97. The predicted octanol–water partition coefficient (Wildman–Crippen LogP) is 1.45. The van der Waals surface area contributed by atoms with Crippen molar-refractivity contribution in [2.45, 2.75) is 46.2 Å². The highest BCUT2D eigenvalue weighted by molar-refractivity contribution is 5.52. The van der Waals surface area contributed by atoms with Crippen LogP contribution in [0.2, 0.25) is 0 Å². The fraction of sp³-hybridized carbons (Fsp3) is 0.750. The number of nitrogens with zero attached hydrogens (tertiary/aromatic N) is 4. The third-order valence-electron chi connectivity index (χ3n) is 4.68. The second kappa shape index (κ2) is 6.71. The molecule has 0 radical (unpaired) electrons. The fourth-order valence-electron chi connectivity index (χ4n) is 3.50. The number of likely N-dealkylation sites (N-methyl/N-ethyl adjacent to an activating group) is 1. The van der Waals surface area contributed by atoms with Crippen LogP contribution in [-0.4, -0.2) is 48.3 Å². The molecule has 2 N–H and O–H groups in total. The molecular weight excluding hydrogens is 262 g/mol. The molecule has 1 aliphatic rings. The average molecular weight is 291 g/mol. The number of anilines is 1. The number of rotatable bonds is 5. The van der Waals surface area contributed by atoms with Crippen molar-refractivity contribution in [3.05, 3.63) is 16.8 Å². The highest BCUT2D eigenvalue weighted by atomic mass is 15.3. The molecule has 1 aromatic rings. The highest BCUT2D eigenvalue weighted by Crippen LogP contribution is 2.29. The lowest BCUT2D eigenvalue weighted by Crippen LogP contribution is -2.34. The van der Waals surface area contributed by atoms with Gasteiger partial charge in [0.05, 0.1) is 5.69 Å². The maximum Gasteiger partial charge on any atom is 0.156 e. The average Bonchev–Trinajstić information content (AvgIpc) is 2.87. The smallest absolute Gasteiger partial charge is 0.156 e. The molecule has 0 spiro atoms. The van der Waals surface area contributed by atoms with Crippen molar-refractivity contribution in [1.29, 1.82) is 0 Å². The molecule has 118 valence electrons. The van der Waals surface area contributed by atoms with Crippen LogP contribution in [0.15, 0.2) is 0 Å². The van der Waals surface area contributed by atoms with E-state index in [9.17, 15) is 0 Å². The van der Waals surface area contributed by atoms with Crippen molar-refractivity contribution in [2.24, 2.45) is 11.7 Å². The van der Waals surface area contributed by atoms with E-state index in [0.717, 1.165) is 37.4 Å². The zero-order valence-corrected chi connectivity index (χ0v) is 14.1. The Labute approximate surface area is 128 Å². The summed E-state index contributed by atoms with van der Waals surface area (Å²) in [6, 6.07) is 0.563. The summed E-state index contributed by atoms with van der Waals surface area (Å²) in [4.78, 5) is 4.67. The van der Waals surface area contributed by atoms with Gasteiger partial charge in [0.15, 0.2) is 5.82 Å². The molecule has 0 bridgehead atoms. The molecule has 1 aliphatic heterocycles. The third-order valence-corrected chi connectivity index (χ3v) is 4.68. The molecule has 1 aromatic heterocycles. The quantitative estimate of drug-likeness (QED) is 0.890. The van der Waals surface area contributed by atoms with Gasteiger partial charge in [0, 0.05) is 31.2 Å². The Bertz CT molecular complexity index is 486. The van der Waals surface area contributed by atoms with Crippen LogP contribution in [0.25, 0.3) is 0 Å². The summed E-state index contributed by atoms with van der Waals surface area (Å²) in [7, 11) is 4.30. The van der Waals surface area contributed by atoms with Gasteiger partial charge in [0.25, 0.3) is 0 Å². The van der Waals surface area contributed by atoms with E-state index >= 15 is 0 Å². The first-order valence-corrected chi connectivity index (χ1v) is 8.02. The van der Waals surface area contributed by atoms with Gasteiger partial charge in [-0.15, -0.1) is 5.10 Å². The first-order valence-electron chi connectivity index (χ1n) is 8.02. The van der Waals surface area contributed by atoms with Crippen molar-refractivity contribution in [2.75, 3.05) is 32.1 Å². The largest absolute Gasteiger partial charge is 0.353 e. The van der Waals surface area contributed by atoms with Gasteiger partial charge in [0.2, 0.25) is 0 Å². The van der Waals surface area contributed by atoms with E-state index in [1.807, 2.05) is 0 Å². The Kier molecular flexibility index (Phi) is 5.17. The lowest BCUT2D eigenvalue weighted by molar-refractivity contribution is 0.266. The minimum atomic E-state index is 0.540. The maximum absolute atomic E-state index is 6.04. The summed E-state index contributed by atoms with van der Waals surface area (Å²) < 4.78 is 0. The van der Waals surface area contributed by atoms with Gasteiger partial charge in [0.1, 0.15) is 0 Å². The Hall–Kier alpha value is -1.20. The van der Waals surface area contributed by atoms with E-state index in [1.165, 1.54) is 11.1 Å². The molecule has 2 atom stereocenters. The fourth-order valence-corrected chi connectivity index (χ4v) is 3.50. The second-order valence-corrected chi connectivity index (χ2v) is 6.25. The Morgan fingerprint density at radius 2 is 1.86 bits per heavy atom. The van der Waals surface area contributed by atoms with E-state index in [-0.39, 0.29) is 0 Å². The monoisotopic (exact) mass is 291 g/mol. The molecule has 0 amide bonds. The Balaban J connectivity index is 2.37. The van der Waals surface area contributed by atoms with Crippen LogP contribution in [0.5, 0.6) is 0 Å². The van der Waals surface area contributed by atoms with Crippen LogP contribution in [0.4, 0.5) is 5.82 Å². The SMILES string of the molecule is CCc1nnc(N2CC(C)C(N(C)C)C2)c(CN)c1CC. The predicted molar refractivity (Wildman–Crippen MR) is 87.5 cm³/mol. The standard InChI is InChI=1S/C16H29N5/c1-6-12-13(8-17)16(19-18-14(12)7-2)21-9-11(3)15(10-21)20(4)5/h11,15H,6-10,17H2,1-5H3. The zero-order valence-electron chi connectivity index (χ0n) is 14.1. The Morgan fingerprint density at radius 1 is 1.14 bits per heavy atom. The van der Waals surface area contributed by atoms with E-state index in [1.54, 1.807) is 0 Å². The molecule has 2 unspecified atom stereocenters. The summed E-state index contributed by atoms with van der Waals surface area (Å²) >= 11 is 0. The summed E-state index contributed by atoms with van der Waals surface area (Å²) in [6.45, 7) is 9.18. The molecular formula is C16H29N5. The van der Waals surface area contributed by atoms with Gasteiger partial charge in [-0.25, -0.2) is 0 Å². The molecule has 2 heterocycles. The molecule has 5 nitrogen and oxygen atoms in total. The van der Waals surface area contributed by atoms with Crippen molar-refractivity contribution in [1.82, 2.24) is 15.1 Å². The minimum Gasteiger partial charge on any atom is -0.353 e. The molecule has 5 heteroatoms. The number of hydrogen-bond acceptors (Lipinski definition) is 5. The van der Waals surface area contributed by atoms with Crippen molar-refractivity contribution in [3.63, 3.8) is 0 Å².